The monoisotopic (exact) mass is 181 g/mol. The quantitative estimate of drug-likeness (QED) is 0.573. The van der Waals surface area contributed by atoms with Gasteiger partial charge in [-0.1, -0.05) is 0 Å². The molecule has 0 bridgehead atoms. The molecule has 5 heteroatoms. The van der Waals surface area contributed by atoms with Crippen molar-refractivity contribution in [3.8, 4) is 0 Å². The number of nitrogens with zero attached hydrogens (tertiary/aromatic N) is 3. The first-order valence-electron chi connectivity index (χ1n) is 4.26. The molecule has 13 heavy (non-hydrogen) atoms. The Hall–Kier alpha value is -1.39. The Morgan fingerprint density at radius 3 is 3.38 bits per heavy atom. The molecule has 0 saturated heterocycles. The summed E-state index contributed by atoms with van der Waals surface area (Å²) in [5.74, 6) is 0.692. The van der Waals surface area contributed by atoms with Crippen molar-refractivity contribution in [2.45, 2.75) is 19.4 Å². The largest absolute Gasteiger partial charge is 0.469 e. The van der Waals surface area contributed by atoms with Gasteiger partial charge in [0.15, 0.2) is 0 Å². The predicted octanol–water partition coefficient (Wildman–Crippen LogP) is 0.0135. The van der Waals surface area contributed by atoms with Gasteiger partial charge in [0.1, 0.15) is 12.2 Å². The lowest BCUT2D eigenvalue weighted by Crippen LogP contribution is -2.27. The van der Waals surface area contributed by atoms with Gasteiger partial charge < -0.3 is 4.74 Å². The molecule has 0 aromatic carbocycles. The highest BCUT2D eigenvalue weighted by Crippen LogP contribution is 2.18. The Morgan fingerprint density at radius 1 is 1.77 bits per heavy atom. The molecule has 0 N–H and O–H groups in total. The molecule has 2 heterocycles. The second kappa shape index (κ2) is 3.16. The zero-order valence-corrected chi connectivity index (χ0v) is 7.43. The van der Waals surface area contributed by atoms with Crippen LogP contribution in [0.5, 0.6) is 0 Å². The molecule has 1 atom stereocenters. The normalized spacial score (nSPS) is 20.8. The lowest BCUT2D eigenvalue weighted by molar-refractivity contribution is -0.146. The van der Waals surface area contributed by atoms with Crippen molar-refractivity contribution in [1.29, 1.82) is 0 Å². The van der Waals surface area contributed by atoms with Crippen LogP contribution in [0.3, 0.4) is 0 Å². The van der Waals surface area contributed by atoms with Gasteiger partial charge in [-0.15, -0.1) is 0 Å². The zero-order valence-electron chi connectivity index (χ0n) is 7.43. The average molecular weight is 181 g/mol. The van der Waals surface area contributed by atoms with Crippen molar-refractivity contribution in [1.82, 2.24) is 14.8 Å². The van der Waals surface area contributed by atoms with Crippen molar-refractivity contribution in [3.63, 3.8) is 0 Å². The molecule has 0 amide bonds. The molecule has 1 aromatic heterocycles. The number of fused-ring (bicyclic) bond motifs is 1. The number of methoxy groups -OCH3 is 1. The van der Waals surface area contributed by atoms with Crippen LogP contribution in [-0.2, 0) is 22.5 Å². The maximum absolute atomic E-state index is 11.2. The summed E-state index contributed by atoms with van der Waals surface area (Å²) in [6.07, 6.45) is 2.96. The Morgan fingerprint density at radius 2 is 2.62 bits per heavy atom. The molecule has 0 fully saturated rings. The van der Waals surface area contributed by atoms with Gasteiger partial charge in [0.25, 0.3) is 0 Å². The summed E-state index contributed by atoms with van der Waals surface area (Å²) in [7, 11) is 1.42. The number of hydrogen-bond acceptors (Lipinski definition) is 4. The van der Waals surface area contributed by atoms with E-state index in [1.54, 1.807) is 0 Å². The summed E-state index contributed by atoms with van der Waals surface area (Å²) in [6, 6.07) is 0. The maximum Gasteiger partial charge on any atom is 0.309 e. The Balaban J connectivity index is 2.13. The molecule has 0 saturated carbocycles. The van der Waals surface area contributed by atoms with E-state index < -0.39 is 0 Å². The Kier molecular flexibility index (Phi) is 2.00. The fourth-order valence-electron chi connectivity index (χ4n) is 1.60. The molecule has 5 nitrogen and oxygen atoms in total. The summed E-state index contributed by atoms with van der Waals surface area (Å²) < 4.78 is 6.52. The molecule has 1 unspecified atom stereocenters. The van der Waals surface area contributed by atoms with Gasteiger partial charge in [0.2, 0.25) is 0 Å². The van der Waals surface area contributed by atoms with E-state index in [-0.39, 0.29) is 11.9 Å². The van der Waals surface area contributed by atoms with E-state index in [9.17, 15) is 4.79 Å². The van der Waals surface area contributed by atoms with Crippen molar-refractivity contribution in [3.05, 3.63) is 12.2 Å². The van der Waals surface area contributed by atoms with Crippen LogP contribution in [0.15, 0.2) is 6.33 Å². The van der Waals surface area contributed by atoms with Crippen LogP contribution in [0.4, 0.5) is 0 Å². The van der Waals surface area contributed by atoms with Crippen LogP contribution in [0.2, 0.25) is 0 Å². The van der Waals surface area contributed by atoms with Crippen molar-refractivity contribution in [2.75, 3.05) is 7.11 Å². The van der Waals surface area contributed by atoms with Crippen molar-refractivity contribution < 1.29 is 9.53 Å². The van der Waals surface area contributed by atoms with Gasteiger partial charge in [-0.2, -0.15) is 5.10 Å². The Bertz CT molecular complexity index is 321. The smallest absolute Gasteiger partial charge is 0.309 e. The molecular formula is C8H11N3O2. The van der Waals surface area contributed by atoms with Gasteiger partial charge in [-0.3, -0.25) is 9.48 Å². The second-order valence-corrected chi connectivity index (χ2v) is 3.11. The standard InChI is InChI=1S/C8H11N3O2/c1-13-8(12)6-2-3-11-7(4-6)9-5-10-11/h5-6H,2-4H2,1H3. The van der Waals surface area contributed by atoms with Gasteiger partial charge >= 0.3 is 5.97 Å². The summed E-state index contributed by atoms with van der Waals surface area (Å²) in [5.41, 5.74) is 0. The lowest BCUT2D eigenvalue weighted by atomic mass is 9.98. The van der Waals surface area contributed by atoms with E-state index in [2.05, 4.69) is 14.8 Å². The summed E-state index contributed by atoms with van der Waals surface area (Å²) in [6.45, 7) is 0.759. The third-order valence-corrected chi connectivity index (χ3v) is 2.35. The minimum absolute atomic E-state index is 0.0401. The highest BCUT2D eigenvalue weighted by molar-refractivity contribution is 5.72. The number of aryl methyl sites for hydroxylation is 1. The SMILES string of the molecule is COC(=O)C1CCn2ncnc2C1. The first-order valence-corrected chi connectivity index (χ1v) is 4.26. The summed E-state index contributed by atoms with van der Waals surface area (Å²) in [5, 5.41) is 4.03. The number of carbonyl (C=O) groups excluding carboxylic acids is 1. The average Bonchev–Trinajstić information content (AvgIpc) is 2.63. The fraction of sp³-hybridized carbons (Fsp3) is 0.625. The number of hydrogen-bond donors (Lipinski definition) is 0. The molecule has 70 valence electrons. The number of carbonyl (C=O) groups is 1. The lowest BCUT2D eigenvalue weighted by Gasteiger charge is -2.19. The molecule has 0 aliphatic carbocycles. The molecular weight excluding hydrogens is 170 g/mol. The highest BCUT2D eigenvalue weighted by Gasteiger charge is 2.26. The minimum atomic E-state index is -0.144. The molecule has 1 aromatic rings. The van der Waals surface area contributed by atoms with E-state index >= 15 is 0 Å². The number of rotatable bonds is 1. The topological polar surface area (TPSA) is 57.0 Å². The van der Waals surface area contributed by atoms with E-state index in [1.165, 1.54) is 13.4 Å². The molecule has 0 radical (unpaired) electrons. The predicted molar refractivity (Wildman–Crippen MR) is 43.8 cm³/mol. The van der Waals surface area contributed by atoms with Crippen LogP contribution in [0, 0.1) is 5.92 Å². The van der Waals surface area contributed by atoms with E-state index in [4.69, 9.17) is 0 Å². The number of esters is 1. The minimum Gasteiger partial charge on any atom is -0.469 e. The second-order valence-electron chi connectivity index (χ2n) is 3.11. The third kappa shape index (κ3) is 1.41. The number of ether oxygens (including phenoxy) is 1. The summed E-state index contributed by atoms with van der Waals surface area (Å²) >= 11 is 0. The third-order valence-electron chi connectivity index (χ3n) is 2.35. The molecule has 2 rings (SSSR count). The number of aromatic nitrogens is 3. The van der Waals surface area contributed by atoms with Crippen molar-refractivity contribution in [2.24, 2.45) is 5.92 Å². The first-order chi connectivity index (χ1) is 6.31. The van der Waals surface area contributed by atoms with Crippen LogP contribution in [-0.4, -0.2) is 27.8 Å². The first kappa shape index (κ1) is 8.22. The zero-order chi connectivity index (χ0) is 9.26. The molecule has 1 aliphatic rings. The molecule has 0 spiro atoms. The van der Waals surface area contributed by atoms with Crippen LogP contribution in [0.1, 0.15) is 12.2 Å². The van der Waals surface area contributed by atoms with Crippen LogP contribution < -0.4 is 0 Å². The van der Waals surface area contributed by atoms with Gasteiger partial charge in [-0.05, 0) is 6.42 Å². The van der Waals surface area contributed by atoms with Crippen LogP contribution in [0.25, 0.3) is 0 Å². The van der Waals surface area contributed by atoms with E-state index in [1.807, 2.05) is 4.68 Å². The highest BCUT2D eigenvalue weighted by atomic mass is 16.5. The molecule has 1 aliphatic heterocycles. The van der Waals surface area contributed by atoms with Gasteiger partial charge in [0.05, 0.1) is 13.0 Å². The van der Waals surface area contributed by atoms with E-state index in [0.29, 0.717) is 6.42 Å². The van der Waals surface area contributed by atoms with Crippen molar-refractivity contribution >= 4 is 5.97 Å². The van der Waals surface area contributed by atoms with Gasteiger partial charge in [0, 0.05) is 13.0 Å². The fourth-order valence-corrected chi connectivity index (χ4v) is 1.60. The maximum atomic E-state index is 11.2. The summed E-state index contributed by atoms with van der Waals surface area (Å²) in [4.78, 5) is 15.3. The van der Waals surface area contributed by atoms with E-state index in [0.717, 1.165) is 18.8 Å². The van der Waals surface area contributed by atoms with Gasteiger partial charge in [-0.25, -0.2) is 4.98 Å². The Labute approximate surface area is 75.7 Å². The van der Waals surface area contributed by atoms with Crippen LogP contribution >= 0.6 is 0 Å².